The maximum absolute atomic E-state index is 5.75. The molecule has 3 heteroatoms. The molecule has 0 radical (unpaired) electrons. The second-order valence-corrected chi connectivity index (χ2v) is 5.47. The number of fused-ring (bicyclic) bond motifs is 1. The Morgan fingerprint density at radius 1 is 1.30 bits per heavy atom. The van der Waals surface area contributed by atoms with Gasteiger partial charge in [-0.3, -0.25) is 0 Å². The molecular formula is C17H22N2O. The summed E-state index contributed by atoms with van der Waals surface area (Å²) >= 11 is 0. The predicted molar refractivity (Wildman–Crippen MR) is 81.2 cm³/mol. The minimum Gasteiger partial charge on any atom is -0.493 e. The molecule has 1 aliphatic rings. The Kier molecular flexibility index (Phi) is 3.79. The summed E-state index contributed by atoms with van der Waals surface area (Å²) in [6.07, 6.45) is 3.27. The fourth-order valence-corrected chi connectivity index (χ4v) is 2.98. The normalized spacial score (nSPS) is 19.2. The molecule has 0 saturated carbocycles. The summed E-state index contributed by atoms with van der Waals surface area (Å²) in [7, 11) is 2.01. The van der Waals surface area contributed by atoms with Crippen LogP contribution < -0.4 is 10.1 Å². The predicted octanol–water partition coefficient (Wildman–Crippen LogP) is 3.33. The summed E-state index contributed by atoms with van der Waals surface area (Å²) in [5.41, 5.74) is 2.69. The van der Waals surface area contributed by atoms with E-state index in [-0.39, 0.29) is 0 Å². The molecule has 1 N–H and O–H groups in total. The van der Waals surface area contributed by atoms with Crippen LogP contribution >= 0.6 is 0 Å². The van der Waals surface area contributed by atoms with Gasteiger partial charge in [0.1, 0.15) is 5.75 Å². The van der Waals surface area contributed by atoms with Gasteiger partial charge in [-0.2, -0.15) is 0 Å². The number of benzene rings is 1. The molecule has 0 saturated heterocycles. The van der Waals surface area contributed by atoms with Crippen LogP contribution in [0.15, 0.2) is 42.6 Å². The fraction of sp³-hybridized carbons (Fsp3) is 0.412. The highest BCUT2D eigenvalue weighted by Gasteiger charge is 2.22. The Morgan fingerprint density at radius 3 is 3.00 bits per heavy atom. The maximum Gasteiger partial charge on any atom is 0.122 e. The number of ether oxygens (including phenoxy) is 1. The van der Waals surface area contributed by atoms with Crippen molar-refractivity contribution >= 4 is 0 Å². The van der Waals surface area contributed by atoms with Crippen molar-refractivity contribution in [3.8, 4) is 5.75 Å². The highest BCUT2D eigenvalue weighted by atomic mass is 16.5. The first-order valence-corrected chi connectivity index (χ1v) is 7.33. The first kappa shape index (κ1) is 13.3. The van der Waals surface area contributed by atoms with Crippen molar-refractivity contribution in [2.75, 3.05) is 13.7 Å². The van der Waals surface area contributed by atoms with E-state index in [0.29, 0.717) is 12.0 Å². The highest BCUT2D eigenvalue weighted by molar-refractivity contribution is 5.37. The first-order chi connectivity index (χ1) is 9.79. The molecule has 3 nitrogen and oxygen atoms in total. The zero-order valence-electron chi connectivity index (χ0n) is 12.2. The second kappa shape index (κ2) is 5.71. The summed E-state index contributed by atoms with van der Waals surface area (Å²) < 4.78 is 8.12. The van der Waals surface area contributed by atoms with Crippen LogP contribution in [0.25, 0.3) is 0 Å². The summed E-state index contributed by atoms with van der Waals surface area (Å²) in [6, 6.07) is 13.1. The Hall–Kier alpha value is -1.74. The molecule has 2 heterocycles. The molecule has 1 aromatic heterocycles. The standard InChI is InChI=1S/C17H22N2O/c1-13(18-2)16-7-5-10-19(16)12-14-9-11-20-17-8-4-3-6-15(14)17/h3-8,10,13-14,18H,9,11-12H2,1-2H3. The average molecular weight is 270 g/mol. The molecule has 1 aromatic carbocycles. The highest BCUT2D eigenvalue weighted by Crippen LogP contribution is 2.34. The molecule has 0 fully saturated rings. The molecule has 2 atom stereocenters. The van der Waals surface area contributed by atoms with E-state index in [2.05, 4.69) is 53.3 Å². The van der Waals surface area contributed by atoms with Gasteiger partial charge in [0.05, 0.1) is 6.61 Å². The fourth-order valence-electron chi connectivity index (χ4n) is 2.98. The van der Waals surface area contributed by atoms with Crippen molar-refractivity contribution in [2.45, 2.75) is 31.8 Å². The minimum absolute atomic E-state index is 0.375. The topological polar surface area (TPSA) is 26.2 Å². The third-order valence-electron chi connectivity index (χ3n) is 4.24. The zero-order valence-corrected chi connectivity index (χ0v) is 12.2. The van der Waals surface area contributed by atoms with Crippen LogP contribution in [0.5, 0.6) is 5.75 Å². The van der Waals surface area contributed by atoms with Crippen LogP contribution in [-0.2, 0) is 6.54 Å². The summed E-state index contributed by atoms with van der Waals surface area (Å²) in [6.45, 7) is 4.04. The van der Waals surface area contributed by atoms with Gasteiger partial charge in [0.15, 0.2) is 0 Å². The lowest BCUT2D eigenvalue weighted by atomic mass is 9.93. The van der Waals surface area contributed by atoms with Gasteiger partial charge in [-0.25, -0.2) is 0 Å². The lowest BCUT2D eigenvalue weighted by Crippen LogP contribution is -2.22. The quantitative estimate of drug-likeness (QED) is 0.922. The number of para-hydroxylation sites is 1. The van der Waals surface area contributed by atoms with E-state index >= 15 is 0 Å². The summed E-state index contributed by atoms with van der Waals surface area (Å²) in [4.78, 5) is 0. The Morgan fingerprint density at radius 2 is 2.15 bits per heavy atom. The van der Waals surface area contributed by atoms with E-state index in [9.17, 15) is 0 Å². The van der Waals surface area contributed by atoms with Crippen LogP contribution in [-0.4, -0.2) is 18.2 Å². The van der Waals surface area contributed by atoms with Gasteiger partial charge in [-0.05, 0) is 44.2 Å². The third kappa shape index (κ3) is 2.46. The molecule has 3 rings (SSSR count). The number of hydrogen-bond donors (Lipinski definition) is 1. The molecule has 2 unspecified atom stereocenters. The number of hydrogen-bond acceptors (Lipinski definition) is 2. The molecule has 0 spiro atoms. The van der Waals surface area contributed by atoms with Crippen molar-refractivity contribution < 1.29 is 4.74 Å². The van der Waals surface area contributed by atoms with Crippen molar-refractivity contribution in [2.24, 2.45) is 0 Å². The molecule has 0 aliphatic carbocycles. The van der Waals surface area contributed by atoms with E-state index in [4.69, 9.17) is 4.74 Å². The maximum atomic E-state index is 5.75. The van der Waals surface area contributed by atoms with E-state index < -0.39 is 0 Å². The average Bonchev–Trinajstić information content (AvgIpc) is 2.95. The number of rotatable bonds is 4. The van der Waals surface area contributed by atoms with Crippen LogP contribution in [0.4, 0.5) is 0 Å². The van der Waals surface area contributed by atoms with Gasteiger partial charge in [0, 0.05) is 30.4 Å². The Labute approximate surface area is 120 Å². The molecule has 0 amide bonds. The van der Waals surface area contributed by atoms with E-state index in [1.165, 1.54) is 11.3 Å². The van der Waals surface area contributed by atoms with Gasteiger partial charge < -0.3 is 14.6 Å². The first-order valence-electron chi connectivity index (χ1n) is 7.33. The van der Waals surface area contributed by atoms with Gasteiger partial charge in [0.25, 0.3) is 0 Å². The number of aromatic nitrogens is 1. The second-order valence-electron chi connectivity index (χ2n) is 5.47. The number of nitrogens with one attached hydrogen (secondary N) is 1. The minimum atomic E-state index is 0.375. The molecule has 0 bridgehead atoms. The zero-order chi connectivity index (χ0) is 13.9. The Bertz CT molecular complexity index is 576. The van der Waals surface area contributed by atoms with Crippen molar-refractivity contribution in [1.82, 2.24) is 9.88 Å². The van der Waals surface area contributed by atoms with E-state index in [0.717, 1.165) is 25.3 Å². The monoisotopic (exact) mass is 270 g/mol. The van der Waals surface area contributed by atoms with Gasteiger partial charge in [-0.1, -0.05) is 18.2 Å². The van der Waals surface area contributed by atoms with Crippen LogP contribution in [0.2, 0.25) is 0 Å². The SMILES string of the molecule is CNC(C)c1cccn1CC1CCOc2ccccc21. The van der Waals surface area contributed by atoms with Crippen LogP contribution in [0.1, 0.15) is 36.6 Å². The molecule has 20 heavy (non-hydrogen) atoms. The van der Waals surface area contributed by atoms with Gasteiger partial charge in [0.2, 0.25) is 0 Å². The van der Waals surface area contributed by atoms with Gasteiger partial charge in [-0.15, -0.1) is 0 Å². The molecule has 106 valence electrons. The van der Waals surface area contributed by atoms with Crippen molar-refractivity contribution in [3.63, 3.8) is 0 Å². The van der Waals surface area contributed by atoms with Crippen molar-refractivity contribution in [1.29, 1.82) is 0 Å². The Balaban J connectivity index is 1.84. The lowest BCUT2D eigenvalue weighted by Gasteiger charge is -2.27. The smallest absolute Gasteiger partial charge is 0.122 e. The van der Waals surface area contributed by atoms with Gasteiger partial charge >= 0.3 is 0 Å². The lowest BCUT2D eigenvalue weighted by molar-refractivity contribution is 0.258. The molecule has 2 aromatic rings. The summed E-state index contributed by atoms with van der Waals surface area (Å²) in [5, 5.41) is 3.32. The summed E-state index contributed by atoms with van der Waals surface area (Å²) in [5.74, 6) is 1.59. The molecular weight excluding hydrogens is 248 g/mol. The third-order valence-corrected chi connectivity index (χ3v) is 4.24. The van der Waals surface area contributed by atoms with E-state index in [1.807, 2.05) is 13.1 Å². The number of nitrogens with zero attached hydrogens (tertiary/aromatic N) is 1. The molecule has 1 aliphatic heterocycles. The van der Waals surface area contributed by atoms with E-state index in [1.54, 1.807) is 0 Å². The largest absolute Gasteiger partial charge is 0.493 e. The van der Waals surface area contributed by atoms with Crippen molar-refractivity contribution in [3.05, 3.63) is 53.9 Å². The van der Waals surface area contributed by atoms with Crippen LogP contribution in [0, 0.1) is 0 Å². The van der Waals surface area contributed by atoms with Crippen LogP contribution in [0.3, 0.4) is 0 Å².